The Morgan fingerprint density at radius 1 is 1.50 bits per heavy atom. The number of hydrogen-bond acceptors (Lipinski definition) is 4. The van der Waals surface area contributed by atoms with Gasteiger partial charge < -0.3 is 20.3 Å². The first-order valence-corrected chi connectivity index (χ1v) is 4.45. The molecule has 96 valence electrons. The van der Waals surface area contributed by atoms with E-state index in [4.69, 9.17) is 10.2 Å². The molecule has 0 aliphatic carbocycles. The van der Waals surface area contributed by atoms with Crippen molar-refractivity contribution in [2.75, 3.05) is 26.9 Å². The molecule has 0 aromatic rings. The van der Waals surface area contributed by atoms with Gasteiger partial charge in [0.05, 0.1) is 19.3 Å². The van der Waals surface area contributed by atoms with Crippen LogP contribution < -0.4 is 5.32 Å². The Hall–Kier alpha value is -0.860. The van der Waals surface area contributed by atoms with Crippen LogP contribution in [0.2, 0.25) is 0 Å². The van der Waals surface area contributed by atoms with Crippen molar-refractivity contribution in [3.63, 3.8) is 0 Å². The number of halogens is 3. The highest BCUT2D eigenvalue weighted by Crippen LogP contribution is 2.25. The largest absolute Gasteiger partial charge is 0.481 e. The predicted molar refractivity (Wildman–Crippen MR) is 47.9 cm³/mol. The third-order valence-electron chi connectivity index (χ3n) is 1.89. The van der Waals surface area contributed by atoms with E-state index < -0.39 is 37.3 Å². The average Bonchev–Trinajstić information content (AvgIpc) is 2.13. The summed E-state index contributed by atoms with van der Waals surface area (Å²) in [4.78, 5) is 10.4. The third kappa shape index (κ3) is 5.29. The molecule has 0 aromatic carbocycles. The number of hydrogen-bond donors (Lipinski definition) is 3. The van der Waals surface area contributed by atoms with E-state index in [1.54, 1.807) is 0 Å². The van der Waals surface area contributed by atoms with E-state index in [2.05, 4.69) is 10.1 Å². The van der Waals surface area contributed by atoms with E-state index in [1.165, 1.54) is 7.11 Å². The number of carboxylic acids is 1. The first-order valence-electron chi connectivity index (χ1n) is 4.45. The molecular formula is C8H14F3NO4. The number of methoxy groups -OCH3 is 1. The zero-order valence-corrected chi connectivity index (χ0v) is 8.62. The van der Waals surface area contributed by atoms with Crippen LogP contribution in [0.25, 0.3) is 0 Å². The van der Waals surface area contributed by atoms with Gasteiger partial charge in [-0.05, 0) is 0 Å². The zero-order chi connectivity index (χ0) is 12.8. The number of rotatable bonds is 7. The number of aliphatic carboxylic acids is 1. The molecule has 0 heterocycles. The van der Waals surface area contributed by atoms with Crippen molar-refractivity contribution in [1.29, 1.82) is 0 Å². The van der Waals surface area contributed by atoms with Crippen LogP contribution in [0, 0.1) is 5.92 Å². The zero-order valence-electron chi connectivity index (χ0n) is 8.62. The summed E-state index contributed by atoms with van der Waals surface area (Å²) in [5, 5.41) is 19.4. The molecule has 0 saturated carbocycles. The molecule has 2 unspecified atom stereocenters. The molecule has 3 N–H and O–H groups in total. The van der Waals surface area contributed by atoms with Gasteiger partial charge >= 0.3 is 12.1 Å². The Kier molecular flexibility index (Phi) is 6.31. The molecule has 2 atom stereocenters. The van der Waals surface area contributed by atoms with Gasteiger partial charge in [-0.2, -0.15) is 13.2 Å². The van der Waals surface area contributed by atoms with Crippen molar-refractivity contribution in [3.8, 4) is 0 Å². The minimum atomic E-state index is -4.81. The third-order valence-corrected chi connectivity index (χ3v) is 1.89. The maximum absolute atomic E-state index is 12.2. The Morgan fingerprint density at radius 3 is 2.38 bits per heavy atom. The molecule has 0 spiro atoms. The van der Waals surface area contributed by atoms with E-state index in [0.717, 1.165) is 0 Å². The van der Waals surface area contributed by atoms with Crippen LogP contribution >= 0.6 is 0 Å². The number of alkyl halides is 3. The molecular weight excluding hydrogens is 231 g/mol. The second kappa shape index (κ2) is 6.66. The van der Waals surface area contributed by atoms with Crippen LogP contribution in [-0.4, -0.2) is 55.3 Å². The van der Waals surface area contributed by atoms with Crippen molar-refractivity contribution < 1.29 is 32.9 Å². The summed E-state index contributed by atoms with van der Waals surface area (Å²) >= 11 is 0. The minimum absolute atomic E-state index is 0.000691. The van der Waals surface area contributed by atoms with E-state index in [9.17, 15) is 18.0 Å². The predicted octanol–water partition coefficient (Wildman–Crippen LogP) is -0.154. The molecule has 16 heavy (non-hydrogen) atoms. The number of ether oxygens (including phenoxy) is 1. The van der Waals surface area contributed by atoms with Crippen LogP contribution in [0.3, 0.4) is 0 Å². The summed E-state index contributed by atoms with van der Waals surface area (Å²) < 4.78 is 41.2. The summed E-state index contributed by atoms with van der Waals surface area (Å²) in [5.74, 6) is -4.44. The molecule has 0 aromatic heterocycles. The number of aliphatic hydroxyl groups excluding tert-OH is 1. The van der Waals surface area contributed by atoms with E-state index in [1.807, 2.05) is 0 Å². The lowest BCUT2D eigenvalue weighted by molar-refractivity contribution is -0.192. The minimum Gasteiger partial charge on any atom is -0.481 e. The SMILES string of the molecule is COCC(CO)NCC(C(=O)O)C(F)(F)F. The van der Waals surface area contributed by atoms with E-state index in [-0.39, 0.29) is 6.61 Å². The molecule has 0 aliphatic rings. The maximum atomic E-state index is 12.2. The molecule has 0 radical (unpaired) electrons. The summed E-state index contributed by atoms with van der Waals surface area (Å²) in [6, 6.07) is -0.714. The fourth-order valence-electron chi connectivity index (χ4n) is 1.00. The van der Waals surface area contributed by atoms with E-state index >= 15 is 0 Å². The highest BCUT2D eigenvalue weighted by molar-refractivity contribution is 5.71. The summed E-state index contributed by atoms with van der Waals surface area (Å²) in [5.41, 5.74) is 0. The quantitative estimate of drug-likeness (QED) is 0.581. The van der Waals surface area contributed by atoms with Crippen molar-refractivity contribution in [1.82, 2.24) is 5.32 Å². The highest BCUT2D eigenvalue weighted by atomic mass is 19.4. The second-order valence-electron chi connectivity index (χ2n) is 3.18. The summed E-state index contributed by atoms with van der Waals surface area (Å²) in [6.45, 7) is -1.23. The lowest BCUT2D eigenvalue weighted by Gasteiger charge is -2.20. The average molecular weight is 245 g/mol. The highest BCUT2D eigenvalue weighted by Gasteiger charge is 2.44. The van der Waals surface area contributed by atoms with Crippen LogP contribution in [0.15, 0.2) is 0 Å². The van der Waals surface area contributed by atoms with Crippen molar-refractivity contribution in [2.24, 2.45) is 5.92 Å². The lowest BCUT2D eigenvalue weighted by atomic mass is 10.1. The van der Waals surface area contributed by atoms with Crippen molar-refractivity contribution in [3.05, 3.63) is 0 Å². The summed E-state index contributed by atoms with van der Waals surface area (Å²) in [7, 11) is 1.32. The van der Waals surface area contributed by atoms with Gasteiger partial charge in [0.15, 0.2) is 5.92 Å². The normalized spacial score (nSPS) is 15.8. The first kappa shape index (κ1) is 15.1. The Bertz CT molecular complexity index is 222. The van der Waals surface area contributed by atoms with Gasteiger partial charge in [0.1, 0.15) is 0 Å². The van der Waals surface area contributed by atoms with Gasteiger partial charge in [0, 0.05) is 13.7 Å². The molecule has 0 aliphatic heterocycles. The second-order valence-corrected chi connectivity index (χ2v) is 3.18. The van der Waals surface area contributed by atoms with Gasteiger partial charge in [-0.15, -0.1) is 0 Å². The maximum Gasteiger partial charge on any atom is 0.403 e. The number of nitrogens with one attached hydrogen (secondary N) is 1. The van der Waals surface area contributed by atoms with E-state index in [0.29, 0.717) is 0 Å². The lowest BCUT2D eigenvalue weighted by Crippen LogP contribution is -2.45. The standard InChI is InChI=1S/C8H14F3NO4/c1-16-4-5(3-13)12-2-6(7(14)15)8(9,10)11/h5-6,12-13H,2-4H2,1H3,(H,14,15). The van der Waals surface area contributed by atoms with Crippen LogP contribution in [-0.2, 0) is 9.53 Å². The molecule has 8 heteroatoms. The van der Waals surface area contributed by atoms with Gasteiger partial charge in [0.25, 0.3) is 0 Å². The Morgan fingerprint density at radius 2 is 2.06 bits per heavy atom. The summed E-state index contributed by atoms with van der Waals surface area (Å²) in [6.07, 6.45) is -4.81. The van der Waals surface area contributed by atoms with Gasteiger partial charge in [-0.25, -0.2) is 0 Å². The fourth-order valence-corrected chi connectivity index (χ4v) is 1.00. The smallest absolute Gasteiger partial charge is 0.403 e. The van der Waals surface area contributed by atoms with Crippen LogP contribution in [0.5, 0.6) is 0 Å². The van der Waals surface area contributed by atoms with Crippen LogP contribution in [0.4, 0.5) is 13.2 Å². The number of carbonyl (C=O) groups is 1. The molecule has 0 bridgehead atoms. The van der Waals surface area contributed by atoms with Crippen LogP contribution in [0.1, 0.15) is 0 Å². The Labute approximate surface area is 90.2 Å². The Balaban J connectivity index is 4.26. The molecule has 0 saturated heterocycles. The van der Waals surface area contributed by atoms with Gasteiger partial charge in [-0.1, -0.05) is 0 Å². The molecule has 5 nitrogen and oxygen atoms in total. The molecule has 0 rings (SSSR count). The number of aliphatic hydroxyl groups is 1. The number of carboxylic acid groups (broad SMARTS) is 1. The van der Waals surface area contributed by atoms with Crippen molar-refractivity contribution in [2.45, 2.75) is 12.2 Å². The van der Waals surface area contributed by atoms with Gasteiger partial charge in [-0.3, -0.25) is 4.79 Å². The van der Waals surface area contributed by atoms with Gasteiger partial charge in [0.2, 0.25) is 0 Å². The topological polar surface area (TPSA) is 78.8 Å². The molecule has 0 fully saturated rings. The fraction of sp³-hybridized carbons (Fsp3) is 0.875. The monoisotopic (exact) mass is 245 g/mol. The molecule has 0 amide bonds. The van der Waals surface area contributed by atoms with Crippen molar-refractivity contribution >= 4 is 5.97 Å². The first-order chi connectivity index (χ1) is 7.32.